The largest absolute Gasteiger partial charge is 0.357 e. The molecule has 28 heavy (non-hydrogen) atoms. The SMILES string of the molecule is CCNC(=NCCCc1nc(C)cs1)NC1CC(C)N(Cc2ccccc2)C1. The summed E-state index contributed by atoms with van der Waals surface area (Å²) in [7, 11) is 0. The van der Waals surface area contributed by atoms with Crippen molar-refractivity contribution in [3.8, 4) is 0 Å². The van der Waals surface area contributed by atoms with Gasteiger partial charge in [0.25, 0.3) is 0 Å². The molecule has 0 spiro atoms. The number of thiazole rings is 1. The third kappa shape index (κ3) is 6.31. The fourth-order valence-corrected chi connectivity index (χ4v) is 4.51. The fourth-order valence-electron chi connectivity index (χ4n) is 3.69. The third-order valence-electron chi connectivity index (χ3n) is 5.10. The first-order chi connectivity index (χ1) is 13.6. The molecule has 152 valence electrons. The minimum Gasteiger partial charge on any atom is -0.357 e. The zero-order valence-electron chi connectivity index (χ0n) is 17.3. The topological polar surface area (TPSA) is 52.6 Å². The zero-order valence-corrected chi connectivity index (χ0v) is 18.1. The number of nitrogens with zero attached hydrogens (tertiary/aromatic N) is 3. The molecule has 1 aliphatic heterocycles. The third-order valence-corrected chi connectivity index (χ3v) is 6.13. The molecule has 2 aromatic rings. The van der Waals surface area contributed by atoms with Crippen molar-refractivity contribution in [3.63, 3.8) is 0 Å². The summed E-state index contributed by atoms with van der Waals surface area (Å²) in [6.07, 6.45) is 3.19. The highest BCUT2D eigenvalue weighted by atomic mass is 32.1. The fraction of sp³-hybridized carbons (Fsp3) is 0.545. The van der Waals surface area contributed by atoms with E-state index in [0.29, 0.717) is 12.1 Å². The Bertz CT molecular complexity index is 742. The molecule has 0 saturated carbocycles. The van der Waals surface area contributed by atoms with Gasteiger partial charge in [-0.15, -0.1) is 11.3 Å². The van der Waals surface area contributed by atoms with Crippen molar-refractivity contribution in [1.29, 1.82) is 0 Å². The van der Waals surface area contributed by atoms with Crippen LogP contribution in [0.2, 0.25) is 0 Å². The van der Waals surface area contributed by atoms with E-state index in [1.54, 1.807) is 11.3 Å². The molecular weight excluding hydrogens is 366 g/mol. The van der Waals surface area contributed by atoms with E-state index in [9.17, 15) is 0 Å². The number of benzene rings is 1. The maximum absolute atomic E-state index is 4.79. The van der Waals surface area contributed by atoms with Crippen molar-refractivity contribution in [2.75, 3.05) is 19.6 Å². The number of aliphatic imine (C=N–C) groups is 1. The molecule has 0 aliphatic carbocycles. The standard InChI is InChI=1S/C22H33N5S/c1-4-23-22(24-12-8-11-21-25-17(2)16-28-21)26-20-13-18(3)27(15-20)14-19-9-6-5-7-10-19/h5-7,9-10,16,18,20H,4,8,11-15H2,1-3H3,(H2,23,24,26). The van der Waals surface area contributed by atoms with Crippen LogP contribution in [0.3, 0.4) is 0 Å². The van der Waals surface area contributed by atoms with E-state index in [-0.39, 0.29) is 0 Å². The van der Waals surface area contributed by atoms with E-state index in [1.165, 1.54) is 10.6 Å². The van der Waals surface area contributed by atoms with Crippen LogP contribution in [0.5, 0.6) is 0 Å². The molecule has 1 aliphatic rings. The van der Waals surface area contributed by atoms with Crippen LogP contribution < -0.4 is 10.6 Å². The van der Waals surface area contributed by atoms with Gasteiger partial charge in [0.1, 0.15) is 0 Å². The molecule has 3 rings (SSSR count). The minimum absolute atomic E-state index is 0.443. The summed E-state index contributed by atoms with van der Waals surface area (Å²) in [6, 6.07) is 11.8. The van der Waals surface area contributed by atoms with Crippen molar-refractivity contribution >= 4 is 17.3 Å². The molecule has 2 atom stereocenters. The molecule has 0 amide bonds. The molecule has 2 N–H and O–H groups in total. The second-order valence-electron chi connectivity index (χ2n) is 7.59. The molecule has 1 saturated heterocycles. The van der Waals surface area contributed by atoms with Crippen LogP contribution in [-0.4, -0.2) is 47.6 Å². The van der Waals surface area contributed by atoms with Gasteiger partial charge in [-0.2, -0.15) is 0 Å². The van der Waals surface area contributed by atoms with Gasteiger partial charge in [-0.25, -0.2) is 4.98 Å². The summed E-state index contributed by atoms with van der Waals surface area (Å²) in [5.74, 6) is 0.941. The Kier molecular flexibility index (Phi) is 7.86. The lowest BCUT2D eigenvalue weighted by molar-refractivity contribution is 0.258. The lowest BCUT2D eigenvalue weighted by atomic mass is 10.2. The first-order valence-corrected chi connectivity index (χ1v) is 11.3. The van der Waals surface area contributed by atoms with E-state index < -0.39 is 0 Å². The highest BCUT2D eigenvalue weighted by molar-refractivity contribution is 7.09. The molecule has 1 aromatic carbocycles. The van der Waals surface area contributed by atoms with Gasteiger partial charge in [0, 0.05) is 55.8 Å². The summed E-state index contributed by atoms with van der Waals surface area (Å²) in [6.45, 7) is 10.3. The Morgan fingerprint density at radius 1 is 1.32 bits per heavy atom. The lowest BCUT2D eigenvalue weighted by Gasteiger charge is -2.21. The number of hydrogen-bond donors (Lipinski definition) is 2. The van der Waals surface area contributed by atoms with Crippen LogP contribution in [0.1, 0.15) is 43.0 Å². The molecule has 0 bridgehead atoms. The first kappa shape index (κ1) is 20.8. The normalized spacial score (nSPS) is 20.5. The summed E-state index contributed by atoms with van der Waals surface area (Å²) >= 11 is 1.75. The van der Waals surface area contributed by atoms with Crippen molar-refractivity contribution in [2.45, 2.75) is 58.7 Å². The monoisotopic (exact) mass is 399 g/mol. The van der Waals surface area contributed by atoms with Crippen LogP contribution in [0, 0.1) is 6.92 Å². The lowest BCUT2D eigenvalue weighted by Crippen LogP contribution is -2.44. The van der Waals surface area contributed by atoms with Crippen LogP contribution in [0.15, 0.2) is 40.7 Å². The van der Waals surface area contributed by atoms with Gasteiger partial charge in [-0.05, 0) is 39.2 Å². The number of likely N-dealkylation sites (tertiary alicyclic amines) is 1. The summed E-state index contributed by atoms with van der Waals surface area (Å²) in [4.78, 5) is 11.9. The summed E-state index contributed by atoms with van der Waals surface area (Å²) < 4.78 is 0. The van der Waals surface area contributed by atoms with Crippen molar-refractivity contribution in [1.82, 2.24) is 20.5 Å². The van der Waals surface area contributed by atoms with Crippen molar-refractivity contribution in [2.24, 2.45) is 4.99 Å². The van der Waals surface area contributed by atoms with Gasteiger partial charge in [0.2, 0.25) is 0 Å². The minimum atomic E-state index is 0.443. The number of hydrogen-bond acceptors (Lipinski definition) is 4. The van der Waals surface area contributed by atoms with E-state index in [1.807, 2.05) is 0 Å². The average Bonchev–Trinajstić information content (AvgIpc) is 3.25. The van der Waals surface area contributed by atoms with Crippen molar-refractivity contribution < 1.29 is 0 Å². The predicted octanol–water partition coefficient (Wildman–Crippen LogP) is 3.60. The van der Waals surface area contributed by atoms with Crippen LogP contribution in [0.4, 0.5) is 0 Å². The molecule has 0 radical (unpaired) electrons. The van der Waals surface area contributed by atoms with E-state index in [2.05, 4.69) is 77.0 Å². The molecule has 6 heteroatoms. The molecular formula is C22H33N5S. The maximum Gasteiger partial charge on any atom is 0.191 e. The van der Waals surface area contributed by atoms with E-state index >= 15 is 0 Å². The maximum atomic E-state index is 4.79. The average molecular weight is 400 g/mol. The smallest absolute Gasteiger partial charge is 0.191 e. The van der Waals surface area contributed by atoms with Crippen LogP contribution in [0.25, 0.3) is 0 Å². The van der Waals surface area contributed by atoms with Crippen LogP contribution in [-0.2, 0) is 13.0 Å². The molecule has 2 heterocycles. The summed E-state index contributed by atoms with van der Waals surface area (Å²) in [5.41, 5.74) is 2.50. The Morgan fingerprint density at radius 2 is 2.14 bits per heavy atom. The van der Waals surface area contributed by atoms with Gasteiger partial charge >= 0.3 is 0 Å². The second-order valence-corrected chi connectivity index (χ2v) is 8.53. The predicted molar refractivity (Wildman–Crippen MR) is 119 cm³/mol. The molecule has 1 aromatic heterocycles. The number of aromatic nitrogens is 1. The summed E-state index contributed by atoms with van der Waals surface area (Å²) in [5, 5.41) is 10.4. The van der Waals surface area contributed by atoms with Gasteiger partial charge in [-0.1, -0.05) is 30.3 Å². The number of aryl methyl sites for hydroxylation is 2. The first-order valence-electron chi connectivity index (χ1n) is 10.4. The van der Waals surface area contributed by atoms with Crippen molar-refractivity contribution in [3.05, 3.63) is 52.0 Å². The Labute approximate surface area is 173 Å². The Balaban J connectivity index is 1.47. The van der Waals surface area contributed by atoms with E-state index in [0.717, 1.165) is 57.1 Å². The van der Waals surface area contributed by atoms with Gasteiger partial charge in [0.05, 0.1) is 5.01 Å². The Morgan fingerprint density at radius 3 is 2.86 bits per heavy atom. The second kappa shape index (κ2) is 10.6. The van der Waals surface area contributed by atoms with Crippen LogP contribution >= 0.6 is 11.3 Å². The number of nitrogens with one attached hydrogen (secondary N) is 2. The number of rotatable bonds is 8. The highest BCUT2D eigenvalue weighted by Gasteiger charge is 2.29. The molecule has 1 fully saturated rings. The zero-order chi connectivity index (χ0) is 19.8. The Hall–Kier alpha value is -1.92. The number of guanidine groups is 1. The van der Waals surface area contributed by atoms with Gasteiger partial charge in [-0.3, -0.25) is 9.89 Å². The highest BCUT2D eigenvalue weighted by Crippen LogP contribution is 2.20. The molecule has 5 nitrogen and oxygen atoms in total. The van der Waals surface area contributed by atoms with E-state index in [4.69, 9.17) is 4.99 Å². The molecule has 2 unspecified atom stereocenters. The quantitative estimate of drug-likeness (QED) is 0.405. The van der Waals surface area contributed by atoms with Gasteiger partial charge in [0.15, 0.2) is 5.96 Å². The van der Waals surface area contributed by atoms with Gasteiger partial charge < -0.3 is 10.6 Å².